The van der Waals surface area contributed by atoms with E-state index in [1.54, 1.807) is 0 Å². The van der Waals surface area contributed by atoms with Crippen LogP contribution in [0.1, 0.15) is 20.3 Å². The summed E-state index contributed by atoms with van der Waals surface area (Å²) in [5, 5.41) is 3.13. The van der Waals surface area contributed by atoms with Crippen LogP contribution in [0.2, 0.25) is 0 Å². The smallest absolute Gasteiger partial charge is 0.0587 e. The van der Waals surface area contributed by atoms with Crippen LogP contribution in [0, 0.1) is 5.92 Å². The van der Waals surface area contributed by atoms with Crippen LogP contribution in [-0.2, 0) is 0 Å². The van der Waals surface area contributed by atoms with Gasteiger partial charge in [0, 0.05) is 0 Å². The van der Waals surface area contributed by atoms with E-state index in [9.17, 15) is 0 Å². The first-order valence-corrected chi connectivity index (χ1v) is 3.41. The van der Waals surface area contributed by atoms with E-state index in [-0.39, 0.29) is 0 Å². The molecule has 3 heteroatoms. The molecule has 0 aliphatic carbocycles. The van der Waals surface area contributed by atoms with E-state index < -0.39 is 0 Å². The van der Waals surface area contributed by atoms with Crippen LogP contribution in [0.25, 0.3) is 0 Å². The van der Waals surface area contributed by atoms with Crippen LogP contribution >= 0.6 is 0 Å². The second-order valence-electron chi connectivity index (χ2n) is 2.56. The first kappa shape index (κ1) is 8.88. The van der Waals surface area contributed by atoms with Gasteiger partial charge < -0.3 is 5.32 Å². The highest BCUT2D eigenvalue weighted by atomic mass is 15.3. The Bertz CT molecular complexity index is 54.3. The Morgan fingerprint density at radius 2 is 2.11 bits per heavy atom. The quantitative estimate of drug-likeness (QED) is 0.214. The van der Waals surface area contributed by atoms with Gasteiger partial charge >= 0.3 is 0 Å². The second kappa shape index (κ2) is 6.01. The Hall–Kier alpha value is -0.120. The number of nitrogens with one attached hydrogen (secondary N) is 2. The Kier molecular flexibility index (Phi) is 5.93. The largest absolute Gasteiger partial charge is 0.303 e. The van der Waals surface area contributed by atoms with E-state index in [4.69, 9.17) is 5.84 Å². The van der Waals surface area contributed by atoms with Gasteiger partial charge in [-0.2, -0.15) is 0 Å². The predicted octanol–water partition coefficient (Wildman–Crippen LogP) is 0.0429. The number of rotatable bonds is 5. The minimum atomic E-state index is 0.701. The lowest BCUT2D eigenvalue weighted by Crippen LogP contribution is -2.34. The van der Waals surface area contributed by atoms with Gasteiger partial charge in [0.25, 0.3) is 0 Å². The monoisotopic (exact) mass is 131 g/mol. The van der Waals surface area contributed by atoms with Crippen molar-refractivity contribution < 1.29 is 0 Å². The van der Waals surface area contributed by atoms with Gasteiger partial charge in [-0.05, 0) is 18.9 Å². The van der Waals surface area contributed by atoms with Gasteiger partial charge in [0.1, 0.15) is 0 Å². The van der Waals surface area contributed by atoms with Gasteiger partial charge in [-0.25, -0.2) is 5.43 Å². The summed E-state index contributed by atoms with van der Waals surface area (Å²) in [6.45, 7) is 6.16. The molecular formula is C6H17N3. The summed E-state index contributed by atoms with van der Waals surface area (Å²) < 4.78 is 0. The van der Waals surface area contributed by atoms with Crippen molar-refractivity contribution in [3.8, 4) is 0 Å². The average molecular weight is 131 g/mol. The predicted molar refractivity (Wildman–Crippen MR) is 39.6 cm³/mol. The average Bonchev–Trinajstić information content (AvgIpc) is 1.80. The number of hydrogen-bond donors (Lipinski definition) is 3. The van der Waals surface area contributed by atoms with E-state index in [0.29, 0.717) is 6.67 Å². The van der Waals surface area contributed by atoms with Crippen LogP contribution in [0.5, 0.6) is 0 Å². The van der Waals surface area contributed by atoms with Crippen LogP contribution in [0.15, 0.2) is 0 Å². The van der Waals surface area contributed by atoms with Crippen molar-refractivity contribution in [3.63, 3.8) is 0 Å². The maximum absolute atomic E-state index is 5.03. The summed E-state index contributed by atoms with van der Waals surface area (Å²) in [7, 11) is 0. The lowest BCUT2D eigenvalue weighted by molar-refractivity contribution is 0.516. The Balaban J connectivity index is 2.75. The fraction of sp³-hybridized carbons (Fsp3) is 1.00. The molecule has 0 aromatic rings. The highest BCUT2D eigenvalue weighted by Gasteiger charge is 1.90. The van der Waals surface area contributed by atoms with Crippen molar-refractivity contribution in [1.29, 1.82) is 0 Å². The van der Waals surface area contributed by atoms with Crippen molar-refractivity contribution in [2.75, 3.05) is 13.2 Å². The van der Waals surface area contributed by atoms with Crippen molar-refractivity contribution >= 4 is 0 Å². The molecule has 0 aromatic carbocycles. The molecule has 9 heavy (non-hydrogen) atoms. The van der Waals surface area contributed by atoms with Crippen molar-refractivity contribution in [2.24, 2.45) is 11.8 Å². The molecule has 0 aliphatic rings. The molecule has 0 unspecified atom stereocenters. The van der Waals surface area contributed by atoms with Crippen molar-refractivity contribution in [1.82, 2.24) is 10.7 Å². The summed E-state index contributed by atoms with van der Waals surface area (Å²) in [5.74, 6) is 5.81. The Morgan fingerprint density at radius 3 is 2.56 bits per heavy atom. The molecule has 0 saturated heterocycles. The molecule has 0 atom stereocenters. The lowest BCUT2D eigenvalue weighted by Gasteiger charge is -2.04. The third kappa shape index (κ3) is 7.88. The van der Waals surface area contributed by atoms with Crippen LogP contribution in [-0.4, -0.2) is 13.2 Å². The Morgan fingerprint density at radius 1 is 1.44 bits per heavy atom. The highest BCUT2D eigenvalue weighted by Crippen LogP contribution is 1.95. The maximum atomic E-state index is 5.03. The van der Waals surface area contributed by atoms with E-state index in [0.717, 1.165) is 12.5 Å². The third-order valence-electron chi connectivity index (χ3n) is 1.13. The van der Waals surface area contributed by atoms with Gasteiger partial charge in [-0.15, -0.1) is 0 Å². The van der Waals surface area contributed by atoms with Crippen LogP contribution in [0.3, 0.4) is 0 Å². The van der Waals surface area contributed by atoms with Gasteiger partial charge in [-0.1, -0.05) is 13.8 Å². The summed E-state index contributed by atoms with van der Waals surface area (Å²) in [5.41, 5.74) is 2.53. The number of hydrazine groups is 1. The van der Waals surface area contributed by atoms with Gasteiger partial charge in [0.05, 0.1) is 6.67 Å². The molecule has 0 fully saturated rings. The topological polar surface area (TPSA) is 50.1 Å². The molecule has 0 aromatic heterocycles. The molecule has 0 aliphatic heterocycles. The maximum Gasteiger partial charge on any atom is 0.0587 e. The zero-order chi connectivity index (χ0) is 7.11. The second-order valence-corrected chi connectivity index (χ2v) is 2.56. The molecule has 0 amide bonds. The zero-order valence-electron chi connectivity index (χ0n) is 6.28. The van der Waals surface area contributed by atoms with Gasteiger partial charge in [0.15, 0.2) is 0 Å². The molecule has 0 bridgehead atoms. The summed E-state index contributed by atoms with van der Waals surface area (Å²) in [4.78, 5) is 0. The van der Waals surface area contributed by atoms with Gasteiger partial charge in [-0.3, -0.25) is 5.84 Å². The fourth-order valence-electron chi connectivity index (χ4n) is 0.551. The third-order valence-corrected chi connectivity index (χ3v) is 1.13. The summed E-state index contributed by atoms with van der Waals surface area (Å²) in [6.07, 6.45) is 1.21. The lowest BCUT2D eigenvalue weighted by atomic mass is 10.1. The molecule has 56 valence electrons. The van der Waals surface area contributed by atoms with E-state index >= 15 is 0 Å². The minimum absolute atomic E-state index is 0.701. The molecule has 3 nitrogen and oxygen atoms in total. The summed E-state index contributed by atoms with van der Waals surface area (Å²) >= 11 is 0. The molecule has 0 saturated carbocycles. The van der Waals surface area contributed by atoms with E-state index in [1.807, 2.05) is 0 Å². The first-order valence-electron chi connectivity index (χ1n) is 3.41. The molecular weight excluding hydrogens is 114 g/mol. The molecule has 0 radical (unpaired) electrons. The van der Waals surface area contributed by atoms with E-state index in [1.165, 1.54) is 6.42 Å². The van der Waals surface area contributed by atoms with Crippen molar-refractivity contribution in [3.05, 3.63) is 0 Å². The molecule has 0 rings (SSSR count). The van der Waals surface area contributed by atoms with Gasteiger partial charge in [0.2, 0.25) is 0 Å². The van der Waals surface area contributed by atoms with Crippen LogP contribution < -0.4 is 16.6 Å². The van der Waals surface area contributed by atoms with E-state index in [2.05, 4.69) is 24.6 Å². The summed E-state index contributed by atoms with van der Waals surface area (Å²) in [6, 6.07) is 0. The van der Waals surface area contributed by atoms with Crippen LogP contribution in [0.4, 0.5) is 0 Å². The number of hydrogen-bond acceptors (Lipinski definition) is 3. The highest BCUT2D eigenvalue weighted by molar-refractivity contribution is 4.47. The molecule has 0 heterocycles. The molecule has 4 N–H and O–H groups in total. The zero-order valence-corrected chi connectivity index (χ0v) is 6.28. The van der Waals surface area contributed by atoms with Crippen molar-refractivity contribution in [2.45, 2.75) is 20.3 Å². The standard InChI is InChI=1S/C6H17N3/c1-6(2)3-4-8-5-9-7/h6,8-9H,3-5,7H2,1-2H3. The fourth-order valence-corrected chi connectivity index (χ4v) is 0.551. The molecule has 0 spiro atoms. The first-order chi connectivity index (χ1) is 4.27. The Labute approximate surface area is 57.0 Å². The minimum Gasteiger partial charge on any atom is -0.303 e. The normalized spacial score (nSPS) is 10.7. The SMILES string of the molecule is CC(C)CCNCNN. The number of nitrogens with two attached hydrogens (primary N) is 1.